The zero-order valence-electron chi connectivity index (χ0n) is 14.6. The summed E-state index contributed by atoms with van der Waals surface area (Å²) in [5, 5.41) is 4.88. The summed E-state index contributed by atoms with van der Waals surface area (Å²) >= 11 is 0. The fourth-order valence-corrected chi connectivity index (χ4v) is 2.17. The molecule has 0 fully saturated rings. The third-order valence-electron chi connectivity index (χ3n) is 3.49. The molecule has 0 bridgehead atoms. The lowest BCUT2D eigenvalue weighted by molar-refractivity contribution is -0.111. The van der Waals surface area contributed by atoms with E-state index in [1.54, 1.807) is 12.1 Å². The molecule has 0 radical (unpaired) electrons. The number of para-hydroxylation sites is 1. The maximum atomic E-state index is 13.8. The van der Waals surface area contributed by atoms with Crippen LogP contribution in [0.3, 0.4) is 0 Å². The summed E-state index contributed by atoms with van der Waals surface area (Å²) < 4.78 is 19.3. The van der Waals surface area contributed by atoms with E-state index in [0.29, 0.717) is 5.75 Å². The molecule has 0 atom stereocenters. The number of nitrogens with one attached hydrogen (secondary N) is 2. The molecule has 3 aromatic rings. The van der Waals surface area contributed by atoms with Crippen LogP contribution in [0.4, 0.5) is 15.8 Å². The van der Waals surface area contributed by atoms with Gasteiger partial charge in [-0.2, -0.15) is 0 Å². The van der Waals surface area contributed by atoms with Crippen molar-refractivity contribution >= 4 is 23.2 Å². The summed E-state index contributed by atoms with van der Waals surface area (Å²) in [5.74, 6) is -0.933. The van der Waals surface area contributed by atoms with Gasteiger partial charge in [0, 0.05) is 5.69 Å². The summed E-state index contributed by atoms with van der Waals surface area (Å²) in [6.45, 7) is 3.30. The number of anilines is 2. The number of halogens is 1. The summed E-state index contributed by atoms with van der Waals surface area (Å²) in [5.41, 5.74) is 0.235. The zero-order valence-corrected chi connectivity index (χ0v) is 14.6. The van der Waals surface area contributed by atoms with Gasteiger partial charge in [-0.15, -0.1) is 0 Å². The minimum absolute atomic E-state index is 0.0430. The molecule has 1 heterocycles. The monoisotopic (exact) mass is 378 g/mol. The van der Waals surface area contributed by atoms with Gasteiger partial charge in [-0.1, -0.05) is 24.8 Å². The standard InChI is InChI=1S/C20H15FN4O3/c1-2-18(26)25-16-10-13(8-9-15(16)21)24-20(27)17-11-23-19(12-22-17)28-14-6-4-3-5-7-14/h2-12H,1H2,(H,24,27)(H,25,26). The molecular formula is C20H15FN4O3. The first-order valence-electron chi connectivity index (χ1n) is 8.14. The molecule has 1 aromatic heterocycles. The topological polar surface area (TPSA) is 93.2 Å². The zero-order chi connectivity index (χ0) is 19.9. The molecule has 0 spiro atoms. The molecule has 0 aliphatic heterocycles. The number of hydrogen-bond donors (Lipinski definition) is 2. The van der Waals surface area contributed by atoms with Crippen LogP contribution >= 0.6 is 0 Å². The SMILES string of the molecule is C=CC(=O)Nc1cc(NC(=O)c2cnc(Oc3ccccc3)cn2)ccc1F. The Hall–Kier alpha value is -4.07. The van der Waals surface area contributed by atoms with Crippen LogP contribution in [-0.4, -0.2) is 21.8 Å². The van der Waals surface area contributed by atoms with E-state index >= 15 is 0 Å². The quantitative estimate of drug-likeness (QED) is 0.637. The third-order valence-corrected chi connectivity index (χ3v) is 3.49. The highest BCUT2D eigenvalue weighted by Gasteiger charge is 2.12. The molecular weight excluding hydrogens is 363 g/mol. The highest BCUT2D eigenvalue weighted by molar-refractivity contribution is 6.03. The predicted octanol–water partition coefficient (Wildman–Crippen LogP) is 3.78. The van der Waals surface area contributed by atoms with Crippen LogP contribution in [0.2, 0.25) is 0 Å². The van der Waals surface area contributed by atoms with Gasteiger partial charge < -0.3 is 15.4 Å². The minimum Gasteiger partial charge on any atom is -0.438 e. The molecule has 0 saturated carbocycles. The number of aromatic nitrogens is 2. The number of carbonyl (C=O) groups excluding carboxylic acids is 2. The molecule has 2 amide bonds. The molecule has 28 heavy (non-hydrogen) atoms. The normalized spacial score (nSPS) is 10.0. The molecule has 0 saturated heterocycles. The molecule has 2 N–H and O–H groups in total. The summed E-state index contributed by atoms with van der Waals surface area (Å²) in [7, 11) is 0. The Morgan fingerprint density at radius 2 is 1.82 bits per heavy atom. The molecule has 3 rings (SSSR count). The minimum atomic E-state index is -0.643. The smallest absolute Gasteiger partial charge is 0.275 e. The number of hydrogen-bond acceptors (Lipinski definition) is 5. The second-order valence-corrected chi connectivity index (χ2v) is 5.50. The van der Waals surface area contributed by atoms with Crippen molar-refractivity contribution in [2.24, 2.45) is 0 Å². The lowest BCUT2D eigenvalue weighted by Crippen LogP contribution is -2.15. The van der Waals surface area contributed by atoms with E-state index in [1.165, 1.54) is 24.5 Å². The van der Waals surface area contributed by atoms with Crippen molar-refractivity contribution in [2.45, 2.75) is 0 Å². The van der Waals surface area contributed by atoms with Crippen LogP contribution in [0, 0.1) is 5.82 Å². The van der Waals surface area contributed by atoms with Crippen LogP contribution in [-0.2, 0) is 4.79 Å². The van der Waals surface area contributed by atoms with Crippen LogP contribution in [0.25, 0.3) is 0 Å². The van der Waals surface area contributed by atoms with Crippen LogP contribution < -0.4 is 15.4 Å². The molecule has 140 valence electrons. The van der Waals surface area contributed by atoms with Crippen LogP contribution in [0.15, 0.2) is 73.6 Å². The number of nitrogens with zero attached hydrogens (tertiary/aromatic N) is 2. The fourth-order valence-electron chi connectivity index (χ4n) is 2.17. The molecule has 0 aliphatic rings. The predicted molar refractivity (Wildman–Crippen MR) is 102 cm³/mol. The van der Waals surface area contributed by atoms with Gasteiger partial charge in [0.1, 0.15) is 17.3 Å². The van der Waals surface area contributed by atoms with Gasteiger partial charge in [-0.05, 0) is 36.4 Å². The Bertz CT molecular complexity index is 1010. The van der Waals surface area contributed by atoms with E-state index in [2.05, 4.69) is 27.2 Å². The second kappa shape index (κ2) is 8.54. The maximum Gasteiger partial charge on any atom is 0.275 e. The van der Waals surface area contributed by atoms with Gasteiger partial charge in [0.05, 0.1) is 18.1 Å². The van der Waals surface area contributed by atoms with E-state index in [1.807, 2.05) is 18.2 Å². The second-order valence-electron chi connectivity index (χ2n) is 5.50. The Kier molecular flexibility index (Phi) is 5.71. The Balaban J connectivity index is 1.68. The van der Waals surface area contributed by atoms with Gasteiger partial charge in [-0.25, -0.2) is 14.4 Å². The molecule has 8 heteroatoms. The fraction of sp³-hybridized carbons (Fsp3) is 0. The first-order chi connectivity index (χ1) is 13.5. The van der Waals surface area contributed by atoms with E-state index in [0.717, 1.165) is 12.1 Å². The maximum absolute atomic E-state index is 13.8. The van der Waals surface area contributed by atoms with Gasteiger partial charge in [-0.3, -0.25) is 9.59 Å². The highest BCUT2D eigenvalue weighted by Crippen LogP contribution is 2.21. The van der Waals surface area contributed by atoms with E-state index in [4.69, 9.17) is 4.74 Å². The van der Waals surface area contributed by atoms with Crippen molar-refractivity contribution in [3.05, 3.63) is 85.1 Å². The Labute approximate surface area is 159 Å². The van der Waals surface area contributed by atoms with Crippen molar-refractivity contribution in [1.29, 1.82) is 0 Å². The number of benzene rings is 2. The number of carbonyl (C=O) groups is 2. The Morgan fingerprint density at radius 3 is 2.50 bits per heavy atom. The summed E-state index contributed by atoms with van der Waals surface area (Å²) in [6.07, 6.45) is 3.60. The molecule has 2 aromatic carbocycles. The number of amides is 2. The lowest BCUT2D eigenvalue weighted by Gasteiger charge is -2.09. The van der Waals surface area contributed by atoms with Crippen molar-refractivity contribution in [3.8, 4) is 11.6 Å². The molecule has 0 aliphatic carbocycles. The number of rotatable bonds is 6. The average molecular weight is 378 g/mol. The van der Waals surface area contributed by atoms with Crippen LogP contribution in [0.5, 0.6) is 11.6 Å². The van der Waals surface area contributed by atoms with Gasteiger partial charge in [0.15, 0.2) is 0 Å². The molecule has 7 nitrogen and oxygen atoms in total. The first-order valence-corrected chi connectivity index (χ1v) is 8.14. The van der Waals surface area contributed by atoms with E-state index in [9.17, 15) is 14.0 Å². The number of ether oxygens (including phenoxy) is 1. The van der Waals surface area contributed by atoms with Crippen molar-refractivity contribution < 1.29 is 18.7 Å². The third kappa shape index (κ3) is 4.76. The van der Waals surface area contributed by atoms with Crippen molar-refractivity contribution in [2.75, 3.05) is 10.6 Å². The first kappa shape index (κ1) is 18.7. The van der Waals surface area contributed by atoms with Crippen molar-refractivity contribution in [1.82, 2.24) is 9.97 Å². The van der Waals surface area contributed by atoms with Gasteiger partial charge >= 0.3 is 0 Å². The van der Waals surface area contributed by atoms with Crippen LogP contribution in [0.1, 0.15) is 10.5 Å². The van der Waals surface area contributed by atoms with Crippen molar-refractivity contribution in [3.63, 3.8) is 0 Å². The summed E-state index contributed by atoms with van der Waals surface area (Å²) in [4.78, 5) is 31.7. The summed E-state index contributed by atoms with van der Waals surface area (Å²) in [6, 6.07) is 12.8. The molecule has 0 unspecified atom stereocenters. The van der Waals surface area contributed by atoms with Gasteiger partial charge in [0.2, 0.25) is 11.8 Å². The van der Waals surface area contributed by atoms with Gasteiger partial charge in [0.25, 0.3) is 5.91 Å². The van der Waals surface area contributed by atoms with E-state index in [-0.39, 0.29) is 22.9 Å². The lowest BCUT2D eigenvalue weighted by atomic mass is 10.2. The van der Waals surface area contributed by atoms with E-state index < -0.39 is 17.6 Å². The average Bonchev–Trinajstić information content (AvgIpc) is 2.71. The largest absolute Gasteiger partial charge is 0.438 e. The highest BCUT2D eigenvalue weighted by atomic mass is 19.1. The Morgan fingerprint density at radius 1 is 1.04 bits per heavy atom.